The fourth-order valence-corrected chi connectivity index (χ4v) is 3.19. The average molecular weight is 369 g/mol. The van der Waals surface area contributed by atoms with Crippen LogP contribution in [0.25, 0.3) is 0 Å². The van der Waals surface area contributed by atoms with Crippen LogP contribution in [0.5, 0.6) is 0 Å². The lowest BCUT2D eigenvalue weighted by atomic mass is 9.85. The molecule has 0 radical (unpaired) electrons. The molecule has 5 nitrogen and oxygen atoms in total. The summed E-state index contributed by atoms with van der Waals surface area (Å²) < 4.78 is 5.07. The topological polar surface area (TPSA) is 81.4 Å². The van der Waals surface area contributed by atoms with Crippen molar-refractivity contribution < 1.29 is 14.3 Å². The van der Waals surface area contributed by atoms with E-state index in [9.17, 15) is 9.59 Å². The van der Waals surface area contributed by atoms with Crippen LogP contribution in [0, 0.1) is 11.8 Å². The minimum Gasteiger partial charge on any atom is -0.466 e. The van der Waals surface area contributed by atoms with E-state index in [1.165, 1.54) is 0 Å². The quantitative estimate of drug-likeness (QED) is 0.756. The predicted molar refractivity (Wildman–Crippen MR) is 100 cm³/mol. The highest BCUT2D eigenvalue weighted by Crippen LogP contribution is 2.26. The highest BCUT2D eigenvalue weighted by atomic mass is 35.5. The standard InChI is InChI=1S/C19H28N2O3.ClH/c1-3-24-19(23)15-9-11-16(12-10-15)21-18(22)13(2)17(20)14-7-5-4-6-8-14;/h4-8,13,15-17H,3,9-12,20H2,1-2H3,(H,21,22);1H. The van der Waals surface area contributed by atoms with Crippen LogP contribution in [0.3, 0.4) is 0 Å². The highest BCUT2D eigenvalue weighted by Gasteiger charge is 2.30. The molecule has 1 aromatic rings. The first kappa shape index (κ1) is 21.5. The zero-order valence-corrected chi connectivity index (χ0v) is 15.8. The minimum absolute atomic E-state index is 0. The van der Waals surface area contributed by atoms with Gasteiger partial charge in [-0.25, -0.2) is 0 Å². The van der Waals surface area contributed by atoms with Gasteiger partial charge in [-0.2, -0.15) is 0 Å². The second kappa shape index (κ2) is 10.4. The number of esters is 1. The van der Waals surface area contributed by atoms with Gasteiger partial charge in [0.25, 0.3) is 0 Å². The molecule has 2 atom stereocenters. The first-order valence-electron chi connectivity index (χ1n) is 8.80. The molecule has 0 bridgehead atoms. The van der Waals surface area contributed by atoms with Crippen molar-refractivity contribution in [2.75, 3.05) is 6.61 Å². The molecule has 1 aliphatic carbocycles. The van der Waals surface area contributed by atoms with Crippen molar-refractivity contribution in [1.29, 1.82) is 0 Å². The number of carbonyl (C=O) groups is 2. The van der Waals surface area contributed by atoms with Crippen molar-refractivity contribution in [1.82, 2.24) is 5.32 Å². The SMILES string of the molecule is CCOC(=O)C1CCC(NC(=O)C(C)C(N)c2ccccc2)CC1.Cl. The van der Waals surface area contributed by atoms with Gasteiger partial charge in [0.1, 0.15) is 0 Å². The average Bonchev–Trinajstić information content (AvgIpc) is 2.62. The van der Waals surface area contributed by atoms with Crippen LogP contribution in [-0.2, 0) is 14.3 Å². The van der Waals surface area contributed by atoms with Crippen molar-refractivity contribution in [2.24, 2.45) is 17.6 Å². The molecule has 0 spiro atoms. The summed E-state index contributed by atoms with van der Waals surface area (Å²) in [4.78, 5) is 24.2. The fourth-order valence-electron chi connectivity index (χ4n) is 3.19. The monoisotopic (exact) mass is 368 g/mol. The summed E-state index contributed by atoms with van der Waals surface area (Å²) in [7, 11) is 0. The number of ether oxygens (including phenoxy) is 1. The Labute approximate surface area is 156 Å². The highest BCUT2D eigenvalue weighted by molar-refractivity contribution is 5.85. The zero-order chi connectivity index (χ0) is 17.5. The Hall–Kier alpha value is -1.59. The molecule has 140 valence electrons. The molecule has 3 N–H and O–H groups in total. The van der Waals surface area contributed by atoms with E-state index in [1.54, 1.807) is 0 Å². The van der Waals surface area contributed by atoms with E-state index < -0.39 is 0 Å². The largest absolute Gasteiger partial charge is 0.466 e. The summed E-state index contributed by atoms with van der Waals surface area (Å²) >= 11 is 0. The van der Waals surface area contributed by atoms with E-state index in [4.69, 9.17) is 10.5 Å². The van der Waals surface area contributed by atoms with Gasteiger partial charge in [-0.15, -0.1) is 12.4 Å². The molecular formula is C19H29ClN2O3. The van der Waals surface area contributed by atoms with Gasteiger partial charge in [-0.05, 0) is 38.2 Å². The maximum absolute atomic E-state index is 12.5. The molecule has 25 heavy (non-hydrogen) atoms. The van der Waals surface area contributed by atoms with Crippen LogP contribution in [-0.4, -0.2) is 24.5 Å². The second-order valence-corrected chi connectivity index (χ2v) is 6.53. The molecule has 1 aliphatic rings. The number of rotatable bonds is 6. The van der Waals surface area contributed by atoms with Crippen molar-refractivity contribution in [3.8, 4) is 0 Å². The van der Waals surface area contributed by atoms with Crippen molar-refractivity contribution in [2.45, 2.75) is 51.6 Å². The second-order valence-electron chi connectivity index (χ2n) is 6.53. The number of hydrogen-bond acceptors (Lipinski definition) is 4. The van der Waals surface area contributed by atoms with Crippen LogP contribution >= 0.6 is 12.4 Å². The zero-order valence-electron chi connectivity index (χ0n) is 14.9. The molecular weight excluding hydrogens is 340 g/mol. The van der Waals surface area contributed by atoms with Crippen molar-refractivity contribution >= 4 is 24.3 Å². The van der Waals surface area contributed by atoms with Gasteiger partial charge < -0.3 is 15.8 Å². The Morgan fingerprint density at radius 1 is 1.20 bits per heavy atom. The Morgan fingerprint density at radius 3 is 2.36 bits per heavy atom. The maximum atomic E-state index is 12.5. The van der Waals surface area contributed by atoms with Crippen molar-refractivity contribution in [3.05, 3.63) is 35.9 Å². The summed E-state index contributed by atoms with van der Waals surface area (Å²) in [5.41, 5.74) is 7.18. The normalized spacial score (nSPS) is 22.2. The number of amides is 1. The van der Waals surface area contributed by atoms with Gasteiger partial charge in [0.15, 0.2) is 0 Å². The fraction of sp³-hybridized carbons (Fsp3) is 0.579. The third-order valence-corrected chi connectivity index (χ3v) is 4.83. The summed E-state index contributed by atoms with van der Waals surface area (Å²) in [6.45, 7) is 4.10. The van der Waals surface area contributed by atoms with E-state index >= 15 is 0 Å². The molecule has 1 fully saturated rings. The number of carbonyl (C=O) groups excluding carboxylic acids is 2. The minimum atomic E-state index is -0.318. The van der Waals surface area contributed by atoms with Crippen LogP contribution < -0.4 is 11.1 Å². The lowest BCUT2D eigenvalue weighted by Crippen LogP contribution is -2.43. The number of halogens is 1. The summed E-state index contributed by atoms with van der Waals surface area (Å²) in [5, 5.41) is 3.09. The first-order chi connectivity index (χ1) is 11.5. The number of hydrogen-bond donors (Lipinski definition) is 2. The summed E-state index contributed by atoms with van der Waals surface area (Å²) in [5.74, 6) is -0.454. The Bertz CT molecular complexity index is 545. The van der Waals surface area contributed by atoms with Crippen LogP contribution in [0.15, 0.2) is 30.3 Å². The van der Waals surface area contributed by atoms with Gasteiger partial charge in [0, 0.05) is 12.1 Å². The van der Waals surface area contributed by atoms with E-state index in [0.29, 0.717) is 6.61 Å². The third-order valence-electron chi connectivity index (χ3n) is 4.83. The molecule has 1 aromatic carbocycles. The number of nitrogens with one attached hydrogen (secondary N) is 1. The van der Waals surface area contributed by atoms with Crippen LogP contribution in [0.2, 0.25) is 0 Å². The van der Waals surface area contributed by atoms with Gasteiger partial charge in [0.2, 0.25) is 5.91 Å². The molecule has 2 unspecified atom stereocenters. The summed E-state index contributed by atoms with van der Waals surface area (Å²) in [6.07, 6.45) is 3.15. The summed E-state index contributed by atoms with van der Waals surface area (Å²) in [6, 6.07) is 9.48. The van der Waals surface area contributed by atoms with Crippen LogP contribution in [0.4, 0.5) is 0 Å². The Balaban J connectivity index is 0.00000312. The maximum Gasteiger partial charge on any atom is 0.308 e. The van der Waals surface area contributed by atoms with E-state index in [-0.39, 0.29) is 48.2 Å². The molecule has 2 rings (SSSR count). The van der Waals surface area contributed by atoms with Gasteiger partial charge in [0.05, 0.1) is 18.4 Å². The van der Waals surface area contributed by atoms with E-state index in [2.05, 4.69) is 5.32 Å². The smallest absolute Gasteiger partial charge is 0.308 e. The molecule has 0 heterocycles. The Morgan fingerprint density at radius 2 is 1.80 bits per heavy atom. The molecule has 1 amide bonds. The van der Waals surface area contributed by atoms with Crippen LogP contribution in [0.1, 0.15) is 51.1 Å². The molecule has 0 saturated heterocycles. The number of nitrogens with two attached hydrogens (primary N) is 1. The lowest BCUT2D eigenvalue weighted by Gasteiger charge is -2.29. The van der Waals surface area contributed by atoms with E-state index in [0.717, 1.165) is 31.2 Å². The first-order valence-corrected chi connectivity index (χ1v) is 8.80. The third kappa shape index (κ3) is 6.01. The Kier molecular flexibility index (Phi) is 8.93. The van der Waals surface area contributed by atoms with Gasteiger partial charge in [-0.3, -0.25) is 9.59 Å². The number of benzene rings is 1. The molecule has 6 heteroatoms. The molecule has 0 aliphatic heterocycles. The lowest BCUT2D eigenvalue weighted by molar-refractivity contribution is -0.149. The molecule has 1 saturated carbocycles. The van der Waals surface area contributed by atoms with Gasteiger partial charge in [-0.1, -0.05) is 37.3 Å². The van der Waals surface area contributed by atoms with Crippen molar-refractivity contribution in [3.63, 3.8) is 0 Å². The van der Waals surface area contributed by atoms with Gasteiger partial charge >= 0.3 is 5.97 Å². The predicted octanol–water partition coefficient (Wildman–Crippen LogP) is 2.98. The molecule has 0 aromatic heterocycles. The van der Waals surface area contributed by atoms with E-state index in [1.807, 2.05) is 44.2 Å².